The summed E-state index contributed by atoms with van der Waals surface area (Å²) in [6.07, 6.45) is 7.04. The molecule has 4 rings (SSSR count). The Hall–Kier alpha value is -2.43. The molecule has 0 saturated heterocycles. The molecular weight excluding hydrogens is 382 g/mol. The average Bonchev–Trinajstić information content (AvgIpc) is 2.78. The Bertz CT molecular complexity index is 960. The van der Waals surface area contributed by atoms with Gasteiger partial charge in [0.05, 0.1) is 29.6 Å². The number of ether oxygens (including phenoxy) is 1. The minimum absolute atomic E-state index is 0.178. The lowest BCUT2D eigenvalue weighted by molar-refractivity contribution is 0.114. The summed E-state index contributed by atoms with van der Waals surface area (Å²) in [6, 6.07) is 16.7. The van der Waals surface area contributed by atoms with Crippen LogP contribution in [0.2, 0.25) is 5.02 Å². The van der Waals surface area contributed by atoms with Crippen molar-refractivity contribution in [3.05, 3.63) is 88.5 Å². The zero-order valence-corrected chi connectivity index (χ0v) is 17.6. The van der Waals surface area contributed by atoms with E-state index >= 15 is 0 Å². The molecule has 0 unspecified atom stereocenters. The van der Waals surface area contributed by atoms with Gasteiger partial charge in [-0.1, -0.05) is 29.8 Å². The van der Waals surface area contributed by atoms with Crippen molar-refractivity contribution in [2.24, 2.45) is 0 Å². The summed E-state index contributed by atoms with van der Waals surface area (Å²) in [6.45, 7) is 2.92. The van der Waals surface area contributed by atoms with Crippen LogP contribution in [-0.4, -0.2) is 22.0 Å². The molecule has 0 aliphatic heterocycles. The zero-order valence-electron chi connectivity index (χ0n) is 16.9. The SMILES string of the molecule is COc1ccc([C@H](C)N(Cc2ncccc2Cl)[C@H]2CCCc3cccnc32)cc1. The van der Waals surface area contributed by atoms with Crippen LogP contribution in [-0.2, 0) is 13.0 Å². The minimum atomic E-state index is 0.178. The van der Waals surface area contributed by atoms with Crippen molar-refractivity contribution < 1.29 is 4.74 Å². The molecule has 0 spiro atoms. The Morgan fingerprint density at radius 2 is 1.86 bits per heavy atom. The average molecular weight is 408 g/mol. The third kappa shape index (κ3) is 4.29. The lowest BCUT2D eigenvalue weighted by Crippen LogP contribution is -2.34. The normalized spacial score (nSPS) is 17.0. The number of nitrogens with zero attached hydrogens (tertiary/aromatic N) is 3. The van der Waals surface area contributed by atoms with E-state index in [1.54, 1.807) is 7.11 Å². The van der Waals surface area contributed by atoms with Crippen molar-refractivity contribution in [1.82, 2.24) is 14.9 Å². The largest absolute Gasteiger partial charge is 0.497 e. The summed E-state index contributed by atoms with van der Waals surface area (Å²) in [5, 5.41) is 0.705. The third-order valence-electron chi connectivity index (χ3n) is 5.83. The molecule has 0 N–H and O–H groups in total. The fraction of sp³-hybridized carbons (Fsp3) is 0.333. The molecule has 2 aromatic heterocycles. The fourth-order valence-corrected chi connectivity index (χ4v) is 4.39. The summed E-state index contributed by atoms with van der Waals surface area (Å²) in [4.78, 5) is 11.8. The van der Waals surface area contributed by atoms with Crippen molar-refractivity contribution in [1.29, 1.82) is 0 Å². The Kier molecular flexibility index (Phi) is 6.12. The highest BCUT2D eigenvalue weighted by Crippen LogP contribution is 2.39. The van der Waals surface area contributed by atoms with Gasteiger partial charge in [0.25, 0.3) is 0 Å². The maximum absolute atomic E-state index is 6.48. The van der Waals surface area contributed by atoms with Crippen molar-refractivity contribution in [2.75, 3.05) is 7.11 Å². The van der Waals surface area contributed by atoms with Crippen LogP contribution in [0.3, 0.4) is 0 Å². The Morgan fingerprint density at radius 3 is 2.62 bits per heavy atom. The highest BCUT2D eigenvalue weighted by atomic mass is 35.5. The monoisotopic (exact) mass is 407 g/mol. The van der Waals surface area contributed by atoms with Gasteiger partial charge < -0.3 is 4.74 Å². The Balaban J connectivity index is 1.72. The molecule has 150 valence electrons. The van der Waals surface area contributed by atoms with E-state index in [9.17, 15) is 0 Å². The van der Waals surface area contributed by atoms with Crippen LogP contribution >= 0.6 is 11.6 Å². The lowest BCUT2D eigenvalue weighted by atomic mass is 9.89. The van der Waals surface area contributed by atoms with Crippen LogP contribution < -0.4 is 4.74 Å². The number of pyridine rings is 2. The van der Waals surface area contributed by atoms with Crippen molar-refractivity contribution in [3.63, 3.8) is 0 Å². The Labute approximate surface area is 177 Å². The molecule has 0 fully saturated rings. The smallest absolute Gasteiger partial charge is 0.118 e. The molecule has 4 nitrogen and oxygen atoms in total. The number of rotatable bonds is 6. The second-order valence-corrected chi connectivity index (χ2v) is 7.92. The first-order valence-corrected chi connectivity index (χ1v) is 10.5. The lowest BCUT2D eigenvalue weighted by Gasteiger charge is -2.39. The predicted octanol–water partition coefficient (Wildman–Crippen LogP) is 5.78. The number of benzene rings is 1. The van der Waals surface area contributed by atoms with Crippen LogP contribution in [0, 0.1) is 0 Å². The van der Waals surface area contributed by atoms with Gasteiger partial charge in [-0.3, -0.25) is 14.9 Å². The highest BCUT2D eigenvalue weighted by Gasteiger charge is 2.31. The van der Waals surface area contributed by atoms with Crippen molar-refractivity contribution in [2.45, 2.75) is 44.8 Å². The van der Waals surface area contributed by atoms with Gasteiger partial charge in [-0.15, -0.1) is 0 Å². The molecule has 2 heterocycles. The van der Waals surface area contributed by atoms with Gasteiger partial charge in [-0.2, -0.15) is 0 Å². The summed E-state index contributed by atoms with van der Waals surface area (Å²) in [7, 11) is 1.69. The number of aryl methyl sites for hydroxylation is 1. The standard InChI is InChI=1S/C24H26ClN3O/c1-17(18-10-12-20(29-2)13-11-18)28(16-22-21(25)8-5-14-26-22)23-9-3-6-19-7-4-15-27-24(19)23/h4-5,7-8,10-15,17,23H,3,6,9,16H2,1-2H3/t17-,23-/m0/s1. The molecule has 1 aromatic carbocycles. The molecule has 29 heavy (non-hydrogen) atoms. The van der Waals surface area contributed by atoms with Gasteiger partial charge in [0.1, 0.15) is 5.75 Å². The number of methoxy groups -OCH3 is 1. The van der Waals surface area contributed by atoms with Crippen LogP contribution in [0.1, 0.15) is 54.4 Å². The van der Waals surface area contributed by atoms with Gasteiger partial charge in [0.15, 0.2) is 0 Å². The number of aromatic nitrogens is 2. The number of halogens is 1. The van der Waals surface area contributed by atoms with E-state index in [-0.39, 0.29) is 12.1 Å². The van der Waals surface area contributed by atoms with Gasteiger partial charge in [-0.05, 0) is 67.6 Å². The summed E-state index contributed by atoms with van der Waals surface area (Å²) in [5.41, 5.74) is 4.67. The second-order valence-electron chi connectivity index (χ2n) is 7.51. The van der Waals surface area contributed by atoms with Gasteiger partial charge in [0.2, 0.25) is 0 Å². The predicted molar refractivity (Wildman–Crippen MR) is 116 cm³/mol. The van der Waals surface area contributed by atoms with Crippen LogP contribution in [0.15, 0.2) is 60.9 Å². The molecule has 0 radical (unpaired) electrons. The summed E-state index contributed by atoms with van der Waals surface area (Å²) >= 11 is 6.48. The van der Waals surface area contributed by atoms with Gasteiger partial charge in [0, 0.05) is 25.0 Å². The van der Waals surface area contributed by atoms with E-state index < -0.39 is 0 Å². The van der Waals surface area contributed by atoms with E-state index in [0.717, 1.165) is 30.7 Å². The van der Waals surface area contributed by atoms with Crippen molar-refractivity contribution in [3.8, 4) is 5.75 Å². The molecule has 0 bridgehead atoms. The molecule has 5 heteroatoms. The van der Waals surface area contributed by atoms with E-state index in [1.165, 1.54) is 16.8 Å². The second kappa shape index (κ2) is 8.93. The van der Waals surface area contributed by atoms with Crippen LogP contribution in [0.5, 0.6) is 5.75 Å². The van der Waals surface area contributed by atoms with Crippen LogP contribution in [0.4, 0.5) is 0 Å². The van der Waals surface area contributed by atoms with E-state index in [4.69, 9.17) is 21.3 Å². The first kappa shape index (κ1) is 19.9. The number of hydrogen-bond donors (Lipinski definition) is 0. The summed E-state index contributed by atoms with van der Waals surface area (Å²) < 4.78 is 5.33. The maximum Gasteiger partial charge on any atom is 0.118 e. The third-order valence-corrected chi connectivity index (χ3v) is 6.17. The molecule has 0 saturated carbocycles. The van der Waals surface area contributed by atoms with E-state index in [0.29, 0.717) is 11.6 Å². The maximum atomic E-state index is 6.48. The molecule has 0 amide bonds. The molecule has 3 aromatic rings. The first-order chi connectivity index (χ1) is 14.2. The Morgan fingerprint density at radius 1 is 1.10 bits per heavy atom. The first-order valence-electron chi connectivity index (χ1n) is 10.1. The molecule has 1 aliphatic carbocycles. The number of fused-ring (bicyclic) bond motifs is 1. The topological polar surface area (TPSA) is 38.2 Å². The highest BCUT2D eigenvalue weighted by molar-refractivity contribution is 6.31. The zero-order chi connectivity index (χ0) is 20.2. The van der Waals surface area contributed by atoms with E-state index in [2.05, 4.69) is 35.0 Å². The summed E-state index contributed by atoms with van der Waals surface area (Å²) in [5.74, 6) is 0.866. The van der Waals surface area contributed by atoms with E-state index in [1.807, 2.05) is 42.7 Å². The molecule has 2 atom stereocenters. The minimum Gasteiger partial charge on any atom is -0.497 e. The fourth-order valence-electron chi connectivity index (χ4n) is 4.21. The molecular formula is C24H26ClN3O. The quantitative estimate of drug-likeness (QED) is 0.519. The molecule has 1 aliphatic rings. The van der Waals surface area contributed by atoms with Crippen LogP contribution in [0.25, 0.3) is 0 Å². The van der Waals surface area contributed by atoms with Gasteiger partial charge in [-0.25, -0.2) is 0 Å². The van der Waals surface area contributed by atoms with Crippen molar-refractivity contribution >= 4 is 11.6 Å². The van der Waals surface area contributed by atoms with Gasteiger partial charge >= 0.3 is 0 Å². The number of hydrogen-bond acceptors (Lipinski definition) is 4.